The van der Waals surface area contributed by atoms with Gasteiger partial charge in [0, 0.05) is 0 Å². The van der Waals surface area contributed by atoms with Crippen molar-refractivity contribution in [3.05, 3.63) is 24.2 Å². The third-order valence-electron chi connectivity index (χ3n) is 0.793. The van der Waals surface area contributed by atoms with Gasteiger partial charge in [0.2, 0.25) is 6.19 Å². The number of nitriles is 1. The summed E-state index contributed by atoms with van der Waals surface area (Å²) in [5.74, 6) is 0.594. The molecular weight excluding hydrogens is 116 g/mol. The molecule has 0 aliphatic carbocycles. The minimum Gasteiger partial charge on any atom is -0.463 e. The first-order valence-corrected chi connectivity index (χ1v) is 2.39. The first-order valence-electron chi connectivity index (χ1n) is 2.39. The normalized spacial score (nSPS) is 9.67. The van der Waals surface area contributed by atoms with Crippen LogP contribution in [-0.4, -0.2) is 6.21 Å². The molecule has 0 bridgehead atoms. The molecule has 0 aliphatic heterocycles. The van der Waals surface area contributed by atoms with Gasteiger partial charge in [-0.1, -0.05) is 0 Å². The van der Waals surface area contributed by atoms with Crippen molar-refractivity contribution in [2.75, 3.05) is 0 Å². The Kier molecular flexibility index (Phi) is 1.66. The summed E-state index contributed by atoms with van der Waals surface area (Å²) >= 11 is 0. The van der Waals surface area contributed by atoms with E-state index in [4.69, 9.17) is 9.68 Å². The maximum absolute atomic E-state index is 7.98. The van der Waals surface area contributed by atoms with Crippen LogP contribution in [0.4, 0.5) is 0 Å². The second-order valence-electron chi connectivity index (χ2n) is 1.37. The molecule has 0 saturated heterocycles. The standard InChI is InChI=1S/C6H4N2O/c7-5-8-4-6-2-1-3-9-6/h1-4H. The average molecular weight is 120 g/mol. The smallest absolute Gasteiger partial charge is 0.205 e. The summed E-state index contributed by atoms with van der Waals surface area (Å²) < 4.78 is 4.84. The summed E-state index contributed by atoms with van der Waals surface area (Å²) in [6.07, 6.45) is 4.50. The van der Waals surface area contributed by atoms with Crippen molar-refractivity contribution in [1.29, 1.82) is 5.26 Å². The van der Waals surface area contributed by atoms with Gasteiger partial charge in [-0.05, 0) is 12.1 Å². The molecule has 44 valence electrons. The highest BCUT2D eigenvalue weighted by molar-refractivity contribution is 5.76. The van der Waals surface area contributed by atoms with Crippen LogP contribution >= 0.6 is 0 Å². The molecule has 9 heavy (non-hydrogen) atoms. The molecule has 0 atom stereocenters. The van der Waals surface area contributed by atoms with Crippen molar-refractivity contribution in [2.45, 2.75) is 0 Å². The quantitative estimate of drug-likeness (QED) is 0.412. The van der Waals surface area contributed by atoms with Crippen LogP contribution < -0.4 is 0 Å². The van der Waals surface area contributed by atoms with Crippen LogP contribution in [0.2, 0.25) is 0 Å². The summed E-state index contributed by atoms with van der Waals surface area (Å²) in [6.45, 7) is 0. The lowest BCUT2D eigenvalue weighted by Crippen LogP contribution is -1.69. The molecule has 3 heteroatoms. The van der Waals surface area contributed by atoms with Crippen LogP contribution in [0.5, 0.6) is 0 Å². The van der Waals surface area contributed by atoms with E-state index in [1.54, 1.807) is 18.3 Å². The summed E-state index contributed by atoms with van der Waals surface area (Å²) in [5, 5.41) is 7.98. The number of furan rings is 1. The highest BCUT2D eigenvalue weighted by atomic mass is 16.3. The third-order valence-corrected chi connectivity index (χ3v) is 0.793. The molecule has 3 nitrogen and oxygen atoms in total. The maximum Gasteiger partial charge on any atom is 0.205 e. The van der Waals surface area contributed by atoms with E-state index in [9.17, 15) is 0 Å². The Morgan fingerprint density at radius 2 is 2.67 bits per heavy atom. The fraction of sp³-hybridized carbons (Fsp3) is 0. The fourth-order valence-corrected chi connectivity index (χ4v) is 0.457. The number of rotatable bonds is 1. The highest BCUT2D eigenvalue weighted by Crippen LogP contribution is 1.94. The molecule has 0 fully saturated rings. The monoisotopic (exact) mass is 120 g/mol. The first-order chi connectivity index (χ1) is 4.43. The van der Waals surface area contributed by atoms with Gasteiger partial charge >= 0.3 is 0 Å². The van der Waals surface area contributed by atoms with Gasteiger partial charge in [-0.25, -0.2) is 0 Å². The summed E-state index contributed by atoms with van der Waals surface area (Å²) in [7, 11) is 0. The second-order valence-corrected chi connectivity index (χ2v) is 1.37. The highest BCUT2D eigenvalue weighted by Gasteiger charge is 1.84. The zero-order chi connectivity index (χ0) is 6.53. The molecule has 1 heterocycles. The number of hydrogen-bond donors (Lipinski definition) is 0. The Bertz CT molecular complexity index is 230. The van der Waals surface area contributed by atoms with Gasteiger partial charge in [0.05, 0.1) is 12.5 Å². The molecule has 0 unspecified atom stereocenters. The van der Waals surface area contributed by atoms with Crippen molar-refractivity contribution in [1.82, 2.24) is 0 Å². The molecule has 1 aromatic rings. The van der Waals surface area contributed by atoms with Crippen molar-refractivity contribution in [3.63, 3.8) is 0 Å². The van der Waals surface area contributed by atoms with Crippen molar-refractivity contribution < 1.29 is 4.42 Å². The first kappa shape index (κ1) is 5.57. The van der Waals surface area contributed by atoms with Crippen LogP contribution in [0.15, 0.2) is 27.8 Å². The Balaban J connectivity index is 2.71. The van der Waals surface area contributed by atoms with Crippen LogP contribution in [0.1, 0.15) is 5.76 Å². The van der Waals surface area contributed by atoms with Crippen molar-refractivity contribution >= 4 is 6.21 Å². The number of hydrogen-bond acceptors (Lipinski definition) is 3. The van der Waals surface area contributed by atoms with Gasteiger partial charge < -0.3 is 4.42 Å². The van der Waals surface area contributed by atoms with Gasteiger partial charge in [-0.15, -0.1) is 0 Å². The lowest BCUT2D eigenvalue weighted by Gasteiger charge is -1.74. The van der Waals surface area contributed by atoms with Gasteiger partial charge in [0.25, 0.3) is 0 Å². The lowest BCUT2D eigenvalue weighted by molar-refractivity contribution is 0.560. The maximum atomic E-state index is 7.98. The van der Waals surface area contributed by atoms with E-state index < -0.39 is 0 Å². The summed E-state index contributed by atoms with van der Waals surface area (Å²) in [4.78, 5) is 3.30. The number of nitrogens with zero attached hydrogens (tertiary/aromatic N) is 2. The summed E-state index contributed by atoms with van der Waals surface area (Å²) in [6, 6.07) is 3.46. The molecule has 1 aromatic heterocycles. The lowest BCUT2D eigenvalue weighted by atomic mass is 10.5. The minimum absolute atomic E-state index is 0.594. The Morgan fingerprint density at radius 3 is 3.22 bits per heavy atom. The third kappa shape index (κ3) is 1.42. The predicted molar refractivity (Wildman–Crippen MR) is 31.9 cm³/mol. The molecule has 0 aliphatic rings. The molecule has 0 aromatic carbocycles. The van der Waals surface area contributed by atoms with Crippen molar-refractivity contribution in [3.8, 4) is 6.19 Å². The molecule has 0 N–H and O–H groups in total. The van der Waals surface area contributed by atoms with Crippen LogP contribution in [0.3, 0.4) is 0 Å². The SMILES string of the molecule is N#CN=Cc1ccco1. The molecule has 0 amide bonds. The molecule has 0 spiro atoms. The van der Waals surface area contributed by atoms with Gasteiger partial charge in [0.15, 0.2) is 0 Å². The average Bonchev–Trinajstić information content (AvgIpc) is 2.34. The van der Waals surface area contributed by atoms with E-state index in [2.05, 4.69) is 4.99 Å². The second kappa shape index (κ2) is 2.68. The fourth-order valence-electron chi connectivity index (χ4n) is 0.457. The van der Waals surface area contributed by atoms with E-state index in [1.165, 1.54) is 12.5 Å². The zero-order valence-electron chi connectivity index (χ0n) is 4.61. The summed E-state index contributed by atoms with van der Waals surface area (Å²) in [5.41, 5.74) is 0. The molecule has 1 rings (SSSR count). The van der Waals surface area contributed by atoms with Gasteiger partial charge in [-0.3, -0.25) is 0 Å². The van der Waals surface area contributed by atoms with E-state index in [0.717, 1.165) is 0 Å². The van der Waals surface area contributed by atoms with Crippen LogP contribution in [0, 0.1) is 11.5 Å². The number of aliphatic imine (C=N–C) groups is 1. The Labute approximate surface area is 52.2 Å². The Hall–Kier alpha value is -1.56. The molecule has 0 radical (unpaired) electrons. The van der Waals surface area contributed by atoms with E-state index >= 15 is 0 Å². The van der Waals surface area contributed by atoms with Gasteiger partial charge in [-0.2, -0.15) is 10.3 Å². The van der Waals surface area contributed by atoms with E-state index in [0.29, 0.717) is 5.76 Å². The van der Waals surface area contributed by atoms with Crippen LogP contribution in [0.25, 0.3) is 0 Å². The van der Waals surface area contributed by atoms with Gasteiger partial charge in [0.1, 0.15) is 5.76 Å². The largest absolute Gasteiger partial charge is 0.463 e. The topological polar surface area (TPSA) is 49.3 Å². The predicted octanol–water partition coefficient (Wildman–Crippen LogP) is 1.18. The molecular formula is C6H4N2O. The Morgan fingerprint density at radius 1 is 1.78 bits per heavy atom. The van der Waals surface area contributed by atoms with Crippen molar-refractivity contribution in [2.24, 2.45) is 4.99 Å². The van der Waals surface area contributed by atoms with Crippen LogP contribution in [-0.2, 0) is 0 Å². The van der Waals surface area contributed by atoms with E-state index in [-0.39, 0.29) is 0 Å². The minimum atomic E-state index is 0.594. The molecule has 0 saturated carbocycles. The zero-order valence-corrected chi connectivity index (χ0v) is 4.61. The van der Waals surface area contributed by atoms with E-state index in [1.807, 2.05) is 0 Å².